The Morgan fingerprint density at radius 2 is 1.88 bits per heavy atom. The molecule has 1 heterocycles. The largest absolute Gasteiger partial charge is 0.369 e. The Morgan fingerprint density at radius 1 is 1.16 bits per heavy atom. The van der Waals surface area contributed by atoms with E-state index in [0.29, 0.717) is 12.6 Å². The van der Waals surface area contributed by atoms with Crippen molar-refractivity contribution in [3.05, 3.63) is 65.2 Å². The number of nitrogens with one attached hydrogen (secondary N) is 2. The molecule has 1 aliphatic heterocycles. The second kappa shape index (κ2) is 9.87. The second-order valence-corrected chi connectivity index (χ2v) is 6.34. The average molecular weight is 471 g/mol. The van der Waals surface area contributed by atoms with Crippen LogP contribution >= 0.6 is 35.6 Å². The van der Waals surface area contributed by atoms with Crippen LogP contribution < -0.4 is 15.5 Å². The van der Waals surface area contributed by atoms with Crippen molar-refractivity contribution in [3.8, 4) is 0 Å². The summed E-state index contributed by atoms with van der Waals surface area (Å²) in [6.07, 6.45) is 1.10. The number of rotatable bonds is 4. The molecule has 1 saturated heterocycles. The van der Waals surface area contributed by atoms with Gasteiger partial charge in [-0.3, -0.25) is 4.99 Å². The molecule has 0 bridgehead atoms. The Kier molecular flexibility index (Phi) is 7.84. The van der Waals surface area contributed by atoms with Gasteiger partial charge in [0.25, 0.3) is 0 Å². The van der Waals surface area contributed by atoms with Crippen molar-refractivity contribution in [1.82, 2.24) is 10.6 Å². The first-order chi connectivity index (χ1) is 11.8. The fraction of sp³-hybridized carbons (Fsp3) is 0.316. The smallest absolute Gasteiger partial charge is 0.191 e. The minimum absolute atomic E-state index is 0. The summed E-state index contributed by atoms with van der Waals surface area (Å²) < 4.78 is 0. The number of guanidine groups is 1. The van der Waals surface area contributed by atoms with E-state index < -0.39 is 0 Å². The molecule has 0 amide bonds. The van der Waals surface area contributed by atoms with Crippen molar-refractivity contribution in [3.63, 3.8) is 0 Å². The second-order valence-electron chi connectivity index (χ2n) is 5.93. The third kappa shape index (κ3) is 5.51. The number of halogens is 2. The average Bonchev–Trinajstić information content (AvgIpc) is 3.09. The first kappa shape index (κ1) is 19.8. The summed E-state index contributed by atoms with van der Waals surface area (Å²) in [7, 11) is 1.80. The highest BCUT2D eigenvalue weighted by Crippen LogP contribution is 2.19. The Bertz CT molecular complexity index is 693. The van der Waals surface area contributed by atoms with Crippen LogP contribution in [0.5, 0.6) is 0 Å². The molecule has 0 spiro atoms. The number of para-hydroxylation sites is 1. The molecule has 134 valence electrons. The summed E-state index contributed by atoms with van der Waals surface area (Å²) in [6.45, 7) is 2.70. The van der Waals surface area contributed by atoms with Gasteiger partial charge in [-0.1, -0.05) is 48.0 Å². The van der Waals surface area contributed by atoms with Crippen molar-refractivity contribution in [1.29, 1.82) is 0 Å². The molecule has 2 aromatic carbocycles. The zero-order valence-corrected chi connectivity index (χ0v) is 17.4. The van der Waals surface area contributed by atoms with Gasteiger partial charge in [0.15, 0.2) is 5.96 Å². The fourth-order valence-corrected chi connectivity index (χ4v) is 3.16. The Labute approximate surface area is 171 Å². The summed E-state index contributed by atoms with van der Waals surface area (Å²) in [6, 6.07) is 18.8. The maximum absolute atomic E-state index is 6.20. The summed E-state index contributed by atoms with van der Waals surface area (Å²) in [5.74, 6) is 0.815. The van der Waals surface area contributed by atoms with Crippen LogP contribution in [0.15, 0.2) is 59.6 Å². The SMILES string of the molecule is CN=C(NCc1ccccc1Cl)NC1CCN(c2ccccc2)C1.I. The zero-order chi connectivity index (χ0) is 16.8. The summed E-state index contributed by atoms with van der Waals surface area (Å²) in [4.78, 5) is 6.73. The third-order valence-electron chi connectivity index (χ3n) is 4.28. The topological polar surface area (TPSA) is 39.7 Å². The molecule has 1 aliphatic rings. The lowest BCUT2D eigenvalue weighted by molar-refractivity contribution is 0.648. The van der Waals surface area contributed by atoms with E-state index in [0.717, 1.165) is 36.1 Å². The molecular weight excluding hydrogens is 447 g/mol. The van der Waals surface area contributed by atoms with E-state index in [1.54, 1.807) is 7.05 Å². The van der Waals surface area contributed by atoms with Crippen molar-refractivity contribution >= 4 is 47.2 Å². The lowest BCUT2D eigenvalue weighted by Crippen LogP contribution is -2.44. The van der Waals surface area contributed by atoms with Crippen LogP contribution in [-0.2, 0) is 6.54 Å². The van der Waals surface area contributed by atoms with Gasteiger partial charge in [0.1, 0.15) is 0 Å². The molecule has 1 atom stereocenters. The predicted molar refractivity (Wildman–Crippen MR) is 117 cm³/mol. The highest BCUT2D eigenvalue weighted by Gasteiger charge is 2.23. The van der Waals surface area contributed by atoms with Crippen LogP contribution in [-0.4, -0.2) is 32.1 Å². The van der Waals surface area contributed by atoms with Gasteiger partial charge in [-0.2, -0.15) is 0 Å². The third-order valence-corrected chi connectivity index (χ3v) is 4.65. The summed E-state index contributed by atoms with van der Waals surface area (Å²) in [5.41, 5.74) is 2.35. The molecule has 0 saturated carbocycles. The number of hydrogen-bond acceptors (Lipinski definition) is 2. The first-order valence-electron chi connectivity index (χ1n) is 8.27. The van der Waals surface area contributed by atoms with Crippen LogP contribution in [0.2, 0.25) is 5.02 Å². The Hall–Kier alpha value is -1.47. The van der Waals surface area contributed by atoms with Gasteiger partial charge in [0.05, 0.1) is 0 Å². The van der Waals surface area contributed by atoms with E-state index in [4.69, 9.17) is 11.6 Å². The minimum Gasteiger partial charge on any atom is -0.369 e. The molecule has 6 heteroatoms. The lowest BCUT2D eigenvalue weighted by atomic mass is 10.2. The number of benzene rings is 2. The summed E-state index contributed by atoms with van der Waals surface area (Å²) in [5, 5.41) is 7.63. The number of hydrogen-bond donors (Lipinski definition) is 2. The number of nitrogens with zero attached hydrogens (tertiary/aromatic N) is 2. The fourth-order valence-electron chi connectivity index (χ4n) is 2.96. The quantitative estimate of drug-likeness (QED) is 0.404. The van der Waals surface area contributed by atoms with Gasteiger partial charge in [0.2, 0.25) is 0 Å². The Balaban J connectivity index is 0.00000225. The number of aliphatic imine (C=N–C) groups is 1. The van der Waals surface area contributed by atoms with Crippen molar-refractivity contribution in [2.75, 3.05) is 25.0 Å². The first-order valence-corrected chi connectivity index (χ1v) is 8.64. The molecule has 4 nitrogen and oxygen atoms in total. The molecule has 3 rings (SSSR count). The highest BCUT2D eigenvalue weighted by atomic mass is 127. The Morgan fingerprint density at radius 3 is 2.60 bits per heavy atom. The van der Waals surface area contributed by atoms with Crippen molar-refractivity contribution in [2.24, 2.45) is 4.99 Å². The molecule has 1 unspecified atom stereocenters. The van der Waals surface area contributed by atoms with Crippen molar-refractivity contribution in [2.45, 2.75) is 19.0 Å². The molecule has 2 aromatic rings. The van der Waals surface area contributed by atoms with Gasteiger partial charge >= 0.3 is 0 Å². The minimum atomic E-state index is 0. The van der Waals surface area contributed by atoms with Gasteiger partial charge in [-0.25, -0.2) is 0 Å². The molecule has 0 aliphatic carbocycles. The summed E-state index contributed by atoms with van der Waals surface area (Å²) >= 11 is 6.20. The van der Waals surface area contributed by atoms with Crippen LogP contribution in [0.4, 0.5) is 5.69 Å². The van der Waals surface area contributed by atoms with Gasteiger partial charge < -0.3 is 15.5 Å². The normalized spacial score (nSPS) is 17.1. The van der Waals surface area contributed by atoms with Gasteiger partial charge in [0, 0.05) is 43.4 Å². The molecule has 1 fully saturated rings. The standard InChI is InChI=1S/C19H23ClN4.HI/c1-21-19(22-13-15-7-5-6-10-18(15)20)23-16-11-12-24(14-16)17-8-3-2-4-9-17;/h2-10,16H,11-14H2,1H3,(H2,21,22,23);1H. The van der Waals surface area contributed by atoms with Crippen LogP contribution in [0.25, 0.3) is 0 Å². The molecule has 0 radical (unpaired) electrons. The van der Waals surface area contributed by atoms with Crippen molar-refractivity contribution < 1.29 is 0 Å². The van der Waals surface area contributed by atoms with E-state index in [9.17, 15) is 0 Å². The molecular formula is C19H24ClIN4. The molecule has 2 N–H and O–H groups in total. The van der Waals surface area contributed by atoms with E-state index in [-0.39, 0.29) is 24.0 Å². The van der Waals surface area contributed by atoms with E-state index >= 15 is 0 Å². The lowest BCUT2D eigenvalue weighted by Gasteiger charge is -2.20. The van der Waals surface area contributed by atoms with Gasteiger partial charge in [-0.05, 0) is 30.2 Å². The number of anilines is 1. The van der Waals surface area contributed by atoms with E-state index in [2.05, 4.69) is 50.9 Å². The maximum Gasteiger partial charge on any atom is 0.191 e. The monoisotopic (exact) mass is 470 g/mol. The van der Waals surface area contributed by atoms with E-state index in [1.807, 2.05) is 24.3 Å². The van der Waals surface area contributed by atoms with Crippen LogP contribution in [0.1, 0.15) is 12.0 Å². The van der Waals surface area contributed by atoms with Crippen LogP contribution in [0, 0.1) is 0 Å². The maximum atomic E-state index is 6.20. The predicted octanol–water partition coefficient (Wildman–Crippen LogP) is 3.90. The van der Waals surface area contributed by atoms with Gasteiger partial charge in [-0.15, -0.1) is 24.0 Å². The molecule has 25 heavy (non-hydrogen) atoms. The van der Waals surface area contributed by atoms with E-state index in [1.165, 1.54) is 5.69 Å². The van der Waals surface area contributed by atoms with Crippen LogP contribution in [0.3, 0.4) is 0 Å². The highest BCUT2D eigenvalue weighted by molar-refractivity contribution is 14.0. The molecule has 0 aromatic heterocycles. The zero-order valence-electron chi connectivity index (χ0n) is 14.3.